The Kier molecular flexibility index (Phi) is 10.2. The summed E-state index contributed by atoms with van der Waals surface area (Å²) in [6.07, 6.45) is 1.83. The number of hydrogen-bond acceptors (Lipinski definition) is 4. The average molecular weight is 507 g/mol. The maximum atomic E-state index is 12.2. The summed E-state index contributed by atoms with van der Waals surface area (Å²) in [6, 6.07) is 16.7. The minimum atomic E-state index is -1.62. The van der Waals surface area contributed by atoms with E-state index < -0.39 is 28.0 Å². The molecule has 2 aromatic rings. The van der Waals surface area contributed by atoms with Crippen molar-refractivity contribution in [2.45, 2.75) is 70.8 Å². The van der Waals surface area contributed by atoms with E-state index in [9.17, 15) is 4.79 Å². The molecule has 0 N–H and O–H groups in total. The molecule has 0 bridgehead atoms. The zero-order valence-electron chi connectivity index (χ0n) is 21.1. The van der Waals surface area contributed by atoms with Crippen molar-refractivity contribution in [3.05, 3.63) is 48.5 Å². The molecule has 0 aliphatic carbocycles. The van der Waals surface area contributed by atoms with Crippen molar-refractivity contribution in [1.29, 1.82) is 0 Å². The maximum absolute atomic E-state index is 12.2. The Morgan fingerprint density at radius 2 is 1.42 bits per heavy atom. The first-order valence-electron chi connectivity index (χ1n) is 11.8. The van der Waals surface area contributed by atoms with Crippen molar-refractivity contribution in [2.24, 2.45) is 5.92 Å². The van der Waals surface area contributed by atoms with Gasteiger partial charge in [0.2, 0.25) is 0 Å². The first-order chi connectivity index (χ1) is 15.4. The lowest BCUT2D eigenvalue weighted by Gasteiger charge is -2.31. The molecule has 182 valence electrons. The van der Waals surface area contributed by atoms with E-state index in [1.807, 2.05) is 50.2 Å². The van der Waals surface area contributed by atoms with E-state index in [2.05, 4.69) is 32.7 Å². The van der Waals surface area contributed by atoms with Crippen LogP contribution in [0.15, 0.2) is 48.5 Å². The van der Waals surface area contributed by atoms with Crippen LogP contribution >= 0.6 is 11.6 Å². The quantitative estimate of drug-likeness (QED) is 0.0970. The number of ether oxygens (including phenoxy) is 2. The van der Waals surface area contributed by atoms with E-state index in [1.54, 1.807) is 12.1 Å². The van der Waals surface area contributed by atoms with Crippen LogP contribution in [0.1, 0.15) is 26.7 Å². The first kappa shape index (κ1) is 27.6. The molecule has 0 aromatic heterocycles. The van der Waals surface area contributed by atoms with Crippen LogP contribution in [0.3, 0.4) is 0 Å². The Hall–Kier alpha value is -1.61. The summed E-state index contributed by atoms with van der Waals surface area (Å²) in [4.78, 5) is 12.2. The van der Waals surface area contributed by atoms with E-state index in [1.165, 1.54) is 0 Å². The highest BCUT2D eigenvalue weighted by atomic mass is 35.5. The predicted molar refractivity (Wildman–Crippen MR) is 143 cm³/mol. The summed E-state index contributed by atoms with van der Waals surface area (Å²) in [5.74, 6) is 1.04. The SMILES string of the molecule is CCC(C)C(Cl)C(=O)Oc1ccc(-c2ccc(OCCC[Si](C)(C)O[Si](C)(C)C)cc2)cc1. The highest BCUT2D eigenvalue weighted by Gasteiger charge is 2.29. The van der Waals surface area contributed by atoms with Gasteiger partial charge in [-0.25, -0.2) is 0 Å². The van der Waals surface area contributed by atoms with Crippen LogP contribution in [0.2, 0.25) is 38.8 Å². The second-order valence-corrected chi connectivity index (χ2v) is 19.7. The van der Waals surface area contributed by atoms with Crippen molar-refractivity contribution in [1.82, 2.24) is 0 Å². The number of esters is 1. The van der Waals surface area contributed by atoms with E-state index in [0.29, 0.717) is 12.4 Å². The number of halogens is 1. The summed E-state index contributed by atoms with van der Waals surface area (Å²) in [7, 11) is -3.10. The Morgan fingerprint density at radius 3 is 1.91 bits per heavy atom. The lowest BCUT2D eigenvalue weighted by Crippen LogP contribution is -2.42. The molecule has 0 saturated heterocycles. The van der Waals surface area contributed by atoms with E-state index >= 15 is 0 Å². The Bertz CT molecular complexity index is 877. The maximum Gasteiger partial charge on any atom is 0.329 e. The minimum Gasteiger partial charge on any atom is -0.494 e. The Morgan fingerprint density at radius 1 is 0.909 bits per heavy atom. The summed E-state index contributed by atoms with van der Waals surface area (Å²) in [5, 5.41) is -0.636. The van der Waals surface area contributed by atoms with Gasteiger partial charge in [-0.3, -0.25) is 4.79 Å². The van der Waals surface area contributed by atoms with E-state index in [-0.39, 0.29) is 5.92 Å². The van der Waals surface area contributed by atoms with Gasteiger partial charge in [0, 0.05) is 0 Å². The summed E-state index contributed by atoms with van der Waals surface area (Å²) in [6.45, 7) is 16.0. The number of rotatable bonds is 12. The molecule has 0 spiro atoms. The molecule has 0 fully saturated rings. The van der Waals surface area contributed by atoms with E-state index in [4.69, 9.17) is 25.2 Å². The second-order valence-electron chi connectivity index (χ2n) is 10.2. The van der Waals surface area contributed by atoms with E-state index in [0.717, 1.165) is 35.8 Å². The normalized spacial score (nSPS) is 13.9. The second kappa shape index (κ2) is 12.2. The van der Waals surface area contributed by atoms with Gasteiger partial charge in [-0.1, -0.05) is 44.5 Å². The summed E-state index contributed by atoms with van der Waals surface area (Å²) < 4.78 is 17.8. The minimum absolute atomic E-state index is 0.0752. The van der Waals surface area contributed by atoms with Crippen LogP contribution in [0.4, 0.5) is 0 Å². The highest BCUT2D eigenvalue weighted by Crippen LogP contribution is 2.26. The average Bonchev–Trinajstić information content (AvgIpc) is 2.75. The van der Waals surface area contributed by atoms with Crippen LogP contribution in [-0.2, 0) is 8.91 Å². The molecule has 0 aliphatic heterocycles. The van der Waals surface area contributed by atoms with Gasteiger partial charge in [0.25, 0.3) is 0 Å². The zero-order chi connectivity index (χ0) is 24.6. The molecule has 33 heavy (non-hydrogen) atoms. The molecule has 4 nitrogen and oxygen atoms in total. The molecule has 0 radical (unpaired) electrons. The fraction of sp³-hybridized carbons (Fsp3) is 0.500. The van der Waals surface area contributed by atoms with Gasteiger partial charge in [-0.2, -0.15) is 0 Å². The molecule has 2 atom stereocenters. The molecular formula is C26H39ClO4Si2. The molecule has 7 heteroatoms. The monoisotopic (exact) mass is 506 g/mol. The van der Waals surface area contributed by atoms with Crippen molar-refractivity contribution in [2.75, 3.05) is 6.61 Å². The van der Waals surface area contributed by atoms with Gasteiger partial charge in [-0.05, 0) is 86.5 Å². The molecule has 2 rings (SSSR count). The molecule has 2 aromatic carbocycles. The zero-order valence-corrected chi connectivity index (χ0v) is 23.9. The smallest absolute Gasteiger partial charge is 0.329 e. The van der Waals surface area contributed by atoms with Gasteiger partial charge < -0.3 is 13.6 Å². The van der Waals surface area contributed by atoms with Crippen molar-refractivity contribution in [3.63, 3.8) is 0 Å². The number of hydrogen-bond donors (Lipinski definition) is 0. The van der Waals surface area contributed by atoms with Crippen molar-refractivity contribution < 1.29 is 18.4 Å². The van der Waals surface area contributed by atoms with Crippen molar-refractivity contribution in [3.8, 4) is 22.6 Å². The fourth-order valence-corrected chi connectivity index (χ4v) is 11.9. The lowest BCUT2D eigenvalue weighted by atomic mass is 10.0. The standard InChI is InChI=1S/C26H39ClO4Si2/c1-8-20(2)25(27)26(28)30-24-16-12-22(13-17-24)21-10-14-23(15-11-21)29-18-9-19-33(6,7)31-32(3,4)5/h10-17,20,25H,8-9,18-19H2,1-7H3. The topological polar surface area (TPSA) is 44.8 Å². The molecule has 2 unspecified atom stereocenters. The molecule has 0 saturated carbocycles. The first-order valence-corrected chi connectivity index (χ1v) is 18.8. The predicted octanol–water partition coefficient (Wildman–Crippen LogP) is 7.74. The van der Waals surface area contributed by atoms with Crippen LogP contribution in [0, 0.1) is 5.92 Å². The largest absolute Gasteiger partial charge is 0.494 e. The molecular weight excluding hydrogens is 468 g/mol. The third-order valence-electron chi connectivity index (χ3n) is 5.40. The number of carbonyl (C=O) groups is 1. The van der Waals surface area contributed by atoms with Gasteiger partial charge in [0.15, 0.2) is 16.6 Å². The number of alkyl halides is 1. The van der Waals surface area contributed by atoms with Crippen LogP contribution in [0.25, 0.3) is 11.1 Å². The third-order valence-corrected chi connectivity index (χ3v) is 12.2. The molecule has 0 aliphatic rings. The Balaban J connectivity index is 1.85. The highest BCUT2D eigenvalue weighted by molar-refractivity contribution is 6.84. The van der Waals surface area contributed by atoms with Crippen LogP contribution in [0.5, 0.6) is 11.5 Å². The van der Waals surface area contributed by atoms with Gasteiger partial charge >= 0.3 is 5.97 Å². The van der Waals surface area contributed by atoms with Gasteiger partial charge in [0.1, 0.15) is 16.9 Å². The number of carbonyl (C=O) groups excluding carboxylic acids is 1. The lowest BCUT2D eigenvalue weighted by molar-refractivity contribution is -0.134. The van der Waals surface area contributed by atoms with Gasteiger partial charge in [0.05, 0.1) is 6.61 Å². The summed E-state index contributed by atoms with van der Waals surface area (Å²) >= 11 is 6.18. The van der Waals surface area contributed by atoms with Crippen molar-refractivity contribution >= 4 is 34.2 Å². The fourth-order valence-electron chi connectivity index (χ4n) is 3.64. The Labute approximate surface area is 206 Å². The summed E-state index contributed by atoms with van der Waals surface area (Å²) in [5.41, 5.74) is 2.12. The van der Waals surface area contributed by atoms with Crippen LogP contribution in [-0.4, -0.2) is 34.6 Å². The number of benzene rings is 2. The molecule has 0 heterocycles. The van der Waals surface area contributed by atoms with Gasteiger partial charge in [-0.15, -0.1) is 11.6 Å². The van der Waals surface area contributed by atoms with Crippen LogP contribution < -0.4 is 9.47 Å². The molecule has 0 amide bonds. The third kappa shape index (κ3) is 9.65.